The Hall–Kier alpha value is -2.56. The molecular weight excluding hydrogens is 499 g/mol. The zero-order chi connectivity index (χ0) is 25.3. The van der Waals surface area contributed by atoms with Crippen molar-refractivity contribution in [2.45, 2.75) is 0 Å². The fourth-order valence-corrected chi connectivity index (χ4v) is 5.17. The summed E-state index contributed by atoms with van der Waals surface area (Å²) in [5.74, 6) is 0.743. The molecule has 0 spiro atoms. The summed E-state index contributed by atoms with van der Waals surface area (Å²) in [7, 11) is 0.890. The third-order valence-electron chi connectivity index (χ3n) is 5.91. The van der Waals surface area contributed by atoms with Crippen LogP contribution in [0.25, 0.3) is 22.3 Å². The van der Waals surface area contributed by atoms with Gasteiger partial charge in [-0.15, -0.1) is 0 Å². The molecule has 2 aliphatic heterocycles. The highest BCUT2D eigenvalue weighted by atomic mass is 32.7. The van der Waals surface area contributed by atoms with Crippen LogP contribution in [0.2, 0.25) is 0 Å². The van der Waals surface area contributed by atoms with E-state index in [2.05, 4.69) is 49.4 Å². The van der Waals surface area contributed by atoms with E-state index in [0.717, 1.165) is 54.4 Å². The number of anilines is 2. The maximum absolute atomic E-state index is 11.4. The number of hydrogen-bond donors (Lipinski definition) is 2. The summed E-state index contributed by atoms with van der Waals surface area (Å²) in [5.41, 5.74) is 4.85. The molecule has 2 saturated heterocycles. The number of carbonyl (C=O) groups excluding carboxylic acids is 1. The normalized spacial score (nSPS) is 16.8. The molecule has 2 aromatic heterocycles. The summed E-state index contributed by atoms with van der Waals surface area (Å²) < 4.78 is 19.2. The van der Waals surface area contributed by atoms with Gasteiger partial charge in [-0.3, -0.25) is 9.78 Å². The van der Waals surface area contributed by atoms with E-state index in [-0.39, 0.29) is 5.65 Å². The predicted molar refractivity (Wildman–Crippen MR) is 146 cm³/mol. The number of aromatic nitrogens is 3. The number of hydrogen-bond acceptors (Lipinski definition) is 10. The second kappa shape index (κ2) is 13.1. The van der Waals surface area contributed by atoms with Crippen molar-refractivity contribution in [1.82, 2.24) is 19.9 Å². The highest BCUT2D eigenvalue weighted by molar-refractivity contribution is 8.57. The van der Waals surface area contributed by atoms with Crippen molar-refractivity contribution in [3.05, 3.63) is 42.7 Å². The number of morpholine rings is 2. The molecule has 192 valence electrons. The number of nitrogens with one attached hydrogen (secondary N) is 1. The molecule has 2 N–H and O–H groups in total. The molecule has 1 atom stereocenters. The summed E-state index contributed by atoms with van der Waals surface area (Å²) in [4.78, 5) is 29.0. The van der Waals surface area contributed by atoms with Gasteiger partial charge in [0.25, 0.3) is 5.65 Å². The Kier molecular flexibility index (Phi) is 9.66. The van der Waals surface area contributed by atoms with E-state index in [1.807, 2.05) is 13.1 Å². The van der Waals surface area contributed by atoms with Crippen molar-refractivity contribution < 1.29 is 18.8 Å². The summed E-state index contributed by atoms with van der Waals surface area (Å²) in [5, 5.41) is 3.11. The first-order valence-electron chi connectivity index (χ1n) is 11.7. The first-order valence-corrected chi connectivity index (χ1v) is 14.9. The molecule has 1 aromatic carbocycles. The summed E-state index contributed by atoms with van der Waals surface area (Å²) in [6.07, 6.45) is 3.38. The third-order valence-corrected chi connectivity index (χ3v) is 8.18. The highest BCUT2D eigenvalue weighted by Crippen LogP contribution is 2.46. The minimum atomic E-state index is -0.959. The summed E-state index contributed by atoms with van der Waals surface area (Å²) in [6, 6.07) is 10.5. The van der Waals surface area contributed by atoms with Crippen molar-refractivity contribution in [2.24, 2.45) is 0 Å². The fraction of sp³-hybridized carbons (Fsp3) is 0.417. The Balaban J connectivity index is 0.000000214. The van der Waals surface area contributed by atoms with E-state index in [1.54, 1.807) is 24.0 Å². The molecule has 36 heavy (non-hydrogen) atoms. The molecule has 1 unspecified atom stereocenters. The largest absolute Gasteiger partial charge is 0.378 e. The van der Waals surface area contributed by atoms with Crippen LogP contribution in [0, 0.1) is 0 Å². The van der Waals surface area contributed by atoms with E-state index in [0.29, 0.717) is 38.0 Å². The fourth-order valence-electron chi connectivity index (χ4n) is 3.95. The molecule has 12 heteroatoms. The Morgan fingerprint density at radius 3 is 2.31 bits per heavy atom. The zero-order valence-electron chi connectivity index (χ0n) is 20.5. The number of amides is 1. The average Bonchev–Trinajstić information content (AvgIpc) is 2.97. The smallest absolute Gasteiger partial charge is 0.256 e. The molecule has 10 nitrogen and oxygen atoms in total. The number of rotatable bonds is 5. The van der Waals surface area contributed by atoms with Crippen LogP contribution >= 0.6 is 18.8 Å². The SMILES string of the molecule is CNc1nc(-c2ccc(N3CCOCC3)cc2)cc2nccnc12.CP(SO)C(=O)N1CCOCC1. The van der Waals surface area contributed by atoms with E-state index in [9.17, 15) is 4.79 Å². The van der Waals surface area contributed by atoms with Gasteiger partial charge in [0.2, 0.25) is 0 Å². The van der Waals surface area contributed by atoms with Gasteiger partial charge in [-0.2, -0.15) is 0 Å². The molecule has 0 saturated carbocycles. The van der Waals surface area contributed by atoms with Crippen LogP contribution in [-0.4, -0.2) is 96.4 Å². The molecule has 3 aromatic rings. The number of benzene rings is 1. The van der Waals surface area contributed by atoms with Crippen LogP contribution in [0.15, 0.2) is 42.7 Å². The Bertz CT molecular complexity index is 1140. The Morgan fingerprint density at radius 1 is 1.03 bits per heavy atom. The van der Waals surface area contributed by atoms with Crippen molar-refractivity contribution in [3.8, 4) is 11.3 Å². The van der Waals surface area contributed by atoms with E-state index in [1.165, 1.54) is 5.69 Å². The van der Waals surface area contributed by atoms with Gasteiger partial charge in [0.1, 0.15) is 5.52 Å². The summed E-state index contributed by atoms with van der Waals surface area (Å²) in [6.45, 7) is 7.77. The molecule has 1 amide bonds. The molecule has 0 bridgehead atoms. The molecule has 0 aliphatic carbocycles. The molecule has 4 heterocycles. The van der Waals surface area contributed by atoms with E-state index >= 15 is 0 Å². The minimum absolute atomic E-state index is 0.0563. The lowest BCUT2D eigenvalue weighted by atomic mass is 10.1. The average molecular weight is 531 g/mol. The monoisotopic (exact) mass is 530 g/mol. The van der Waals surface area contributed by atoms with Crippen molar-refractivity contribution in [1.29, 1.82) is 0 Å². The van der Waals surface area contributed by atoms with Gasteiger partial charge in [0.05, 0.1) is 44.8 Å². The lowest BCUT2D eigenvalue weighted by Crippen LogP contribution is -2.38. The second-order valence-electron chi connectivity index (χ2n) is 8.14. The number of fused-ring (bicyclic) bond motifs is 1. The summed E-state index contributed by atoms with van der Waals surface area (Å²) >= 11 is 0.659. The minimum Gasteiger partial charge on any atom is -0.378 e. The second-order valence-corrected chi connectivity index (χ2v) is 11.8. The number of carbonyl (C=O) groups is 1. The Morgan fingerprint density at radius 2 is 1.67 bits per heavy atom. The van der Waals surface area contributed by atoms with E-state index in [4.69, 9.17) is 14.0 Å². The van der Waals surface area contributed by atoms with Gasteiger partial charge >= 0.3 is 0 Å². The first kappa shape index (κ1) is 26.5. The van der Waals surface area contributed by atoms with Gasteiger partial charge in [-0.1, -0.05) is 12.1 Å². The molecule has 2 aliphatic rings. The lowest BCUT2D eigenvalue weighted by Gasteiger charge is -2.28. The molecule has 5 rings (SSSR count). The lowest BCUT2D eigenvalue weighted by molar-refractivity contribution is 0.0591. The third kappa shape index (κ3) is 6.60. The molecule has 0 radical (unpaired) electrons. The van der Waals surface area contributed by atoms with Crippen molar-refractivity contribution >= 4 is 47.0 Å². The van der Waals surface area contributed by atoms with Crippen LogP contribution in [0.1, 0.15) is 0 Å². The maximum atomic E-state index is 11.4. The number of ether oxygens (including phenoxy) is 2. The van der Waals surface area contributed by atoms with Crippen LogP contribution in [0.4, 0.5) is 16.3 Å². The first-order chi connectivity index (χ1) is 17.6. The standard InChI is InChI=1S/C18H19N5O.C6H12NO3PS/c1-19-18-17-16(20-6-7-21-17)12-15(22-18)13-2-4-14(5-3-13)23-8-10-24-11-9-23;1-11(12-9)6(8)7-2-4-10-5-3-7/h2-7,12H,8-11H2,1H3,(H,19,22);9H,2-5H2,1H3. The highest BCUT2D eigenvalue weighted by Gasteiger charge is 2.22. The number of nitrogens with zero attached hydrogens (tertiary/aromatic N) is 5. The number of pyridine rings is 1. The van der Waals surface area contributed by atoms with Crippen molar-refractivity contribution in [3.63, 3.8) is 0 Å². The van der Waals surface area contributed by atoms with Crippen LogP contribution in [0.5, 0.6) is 0 Å². The van der Waals surface area contributed by atoms with Crippen molar-refractivity contribution in [2.75, 3.05) is 76.5 Å². The van der Waals surface area contributed by atoms with E-state index < -0.39 is 7.12 Å². The van der Waals surface area contributed by atoms with Crippen LogP contribution in [-0.2, 0) is 9.47 Å². The molecule has 2 fully saturated rings. The quantitative estimate of drug-likeness (QED) is 0.367. The van der Waals surface area contributed by atoms with Gasteiger partial charge in [-0.25, -0.2) is 9.97 Å². The van der Waals surface area contributed by atoms with Crippen LogP contribution in [0.3, 0.4) is 0 Å². The van der Waals surface area contributed by atoms with Gasteiger partial charge in [0.15, 0.2) is 5.82 Å². The topological polar surface area (TPSA) is 113 Å². The van der Waals surface area contributed by atoms with Gasteiger partial charge in [-0.05, 0) is 24.9 Å². The van der Waals surface area contributed by atoms with Gasteiger partial charge in [0, 0.05) is 68.5 Å². The predicted octanol–water partition coefficient (Wildman–Crippen LogP) is 4.24. The Labute approximate surface area is 216 Å². The van der Waals surface area contributed by atoms with Crippen LogP contribution < -0.4 is 10.2 Å². The zero-order valence-corrected chi connectivity index (χ0v) is 22.2. The maximum Gasteiger partial charge on any atom is 0.256 e. The van der Waals surface area contributed by atoms with Gasteiger partial charge < -0.3 is 29.1 Å². The molecular formula is C24H31N6O4PS.